The normalized spacial score (nSPS) is 10.9. The molecular formula is C19H39NS3. The molecule has 0 atom stereocenters. The molecule has 0 heterocycles. The van der Waals surface area contributed by atoms with E-state index in [1.54, 1.807) is 0 Å². The number of thiol groups is 2. The lowest BCUT2D eigenvalue weighted by atomic mass is 10.0. The lowest BCUT2D eigenvalue weighted by Gasteiger charge is -2.04. The highest BCUT2D eigenvalue weighted by Gasteiger charge is 1.95. The Kier molecular flexibility index (Phi) is 21.2. The van der Waals surface area contributed by atoms with Gasteiger partial charge in [0.25, 0.3) is 0 Å². The van der Waals surface area contributed by atoms with E-state index >= 15 is 0 Å². The third kappa shape index (κ3) is 22.6. The largest absolute Gasteiger partial charge is 0.371 e. The van der Waals surface area contributed by atoms with Gasteiger partial charge in [-0.25, -0.2) is 0 Å². The van der Waals surface area contributed by atoms with E-state index in [1.165, 1.54) is 103 Å². The highest BCUT2D eigenvalue weighted by Crippen LogP contribution is 2.13. The van der Waals surface area contributed by atoms with Crippen molar-refractivity contribution in [1.29, 1.82) is 0 Å². The van der Waals surface area contributed by atoms with Crippen molar-refractivity contribution in [3.8, 4) is 0 Å². The quantitative estimate of drug-likeness (QED) is 0.136. The van der Waals surface area contributed by atoms with E-state index in [4.69, 9.17) is 12.2 Å². The molecule has 0 aliphatic heterocycles. The second-order valence-corrected chi connectivity index (χ2v) is 8.22. The first kappa shape index (κ1) is 23.6. The summed E-state index contributed by atoms with van der Waals surface area (Å²) < 4.78 is 0.624. The maximum absolute atomic E-state index is 4.86. The third-order valence-electron chi connectivity index (χ3n) is 4.36. The molecule has 0 rings (SSSR count). The van der Waals surface area contributed by atoms with E-state index in [0.717, 1.165) is 12.3 Å². The zero-order chi connectivity index (χ0) is 17.0. The van der Waals surface area contributed by atoms with Crippen molar-refractivity contribution in [2.24, 2.45) is 0 Å². The van der Waals surface area contributed by atoms with Gasteiger partial charge in [0.1, 0.15) is 4.32 Å². The molecule has 0 saturated heterocycles. The Bertz CT molecular complexity index is 247. The van der Waals surface area contributed by atoms with E-state index in [0.29, 0.717) is 4.32 Å². The maximum Gasteiger partial charge on any atom is 0.130 e. The molecular weight excluding hydrogens is 338 g/mol. The van der Waals surface area contributed by atoms with Crippen molar-refractivity contribution in [2.45, 2.75) is 103 Å². The predicted octanol–water partition coefficient (Wildman–Crippen LogP) is 6.96. The highest BCUT2D eigenvalue weighted by molar-refractivity contribution is 8.11. The summed E-state index contributed by atoms with van der Waals surface area (Å²) in [5.41, 5.74) is 0. The molecule has 0 aromatic heterocycles. The Labute approximate surface area is 162 Å². The minimum atomic E-state index is 0.624. The summed E-state index contributed by atoms with van der Waals surface area (Å²) in [7, 11) is 0. The number of unbranched alkanes of at least 4 members (excludes halogenated alkanes) is 15. The van der Waals surface area contributed by atoms with Crippen LogP contribution in [0.3, 0.4) is 0 Å². The molecule has 23 heavy (non-hydrogen) atoms. The number of hydrogen-bond donors (Lipinski definition) is 3. The second-order valence-electron chi connectivity index (χ2n) is 6.61. The average Bonchev–Trinajstić information content (AvgIpc) is 2.53. The van der Waals surface area contributed by atoms with Crippen LogP contribution < -0.4 is 5.32 Å². The topological polar surface area (TPSA) is 12.0 Å². The molecule has 138 valence electrons. The molecule has 0 aliphatic rings. The first-order valence-corrected chi connectivity index (χ1v) is 11.3. The fraction of sp³-hybridized carbons (Fsp3) is 0.947. The van der Waals surface area contributed by atoms with Crippen LogP contribution in [-0.4, -0.2) is 16.6 Å². The van der Waals surface area contributed by atoms with Crippen LogP contribution in [-0.2, 0) is 0 Å². The lowest BCUT2D eigenvalue weighted by molar-refractivity contribution is 0.529. The van der Waals surface area contributed by atoms with Crippen molar-refractivity contribution in [3.63, 3.8) is 0 Å². The SMILES string of the molecule is S=C(S)NCCCCCCCCCCCCCCCCCCS. The van der Waals surface area contributed by atoms with Crippen LogP contribution in [0.1, 0.15) is 103 Å². The van der Waals surface area contributed by atoms with Crippen molar-refractivity contribution in [1.82, 2.24) is 5.32 Å². The molecule has 0 fully saturated rings. The van der Waals surface area contributed by atoms with E-state index in [-0.39, 0.29) is 0 Å². The minimum absolute atomic E-state index is 0.624. The summed E-state index contributed by atoms with van der Waals surface area (Å²) in [5, 5.41) is 3.09. The van der Waals surface area contributed by atoms with Gasteiger partial charge >= 0.3 is 0 Å². The van der Waals surface area contributed by atoms with Crippen molar-refractivity contribution in [3.05, 3.63) is 0 Å². The third-order valence-corrected chi connectivity index (χ3v) is 4.98. The number of rotatable bonds is 18. The van der Waals surface area contributed by atoms with Gasteiger partial charge < -0.3 is 5.32 Å². The van der Waals surface area contributed by atoms with E-state index in [2.05, 4.69) is 30.6 Å². The summed E-state index contributed by atoms with van der Waals surface area (Å²) in [5.74, 6) is 1.06. The standard InChI is InChI=1S/C19H39NS3/c21-18-16-14-12-10-8-6-4-2-1-3-5-7-9-11-13-15-17-20-19(22)23/h21H,1-18H2,(H2,20,22,23). The molecule has 0 bridgehead atoms. The van der Waals surface area contributed by atoms with Gasteiger partial charge in [-0.15, -0.1) is 12.6 Å². The summed E-state index contributed by atoms with van der Waals surface area (Å²) in [4.78, 5) is 0. The van der Waals surface area contributed by atoms with Crippen LogP contribution in [0.4, 0.5) is 0 Å². The Balaban J connectivity index is 2.96. The zero-order valence-corrected chi connectivity index (χ0v) is 17.6. The van der Waals surface area contributed by atoms with Gasteiger partial charge in [-0.1, -0.05) is 102 Å². The summed E-state index contributed by atoms with van der Waals surface area (Å²) in [6, 6.07) is 0. The van der Waals surface area contributed by atoms with Crippen molar-refractivity contribution < 1.29 is 0 Å². The van der Waals surface area contributed by atoms with E-state index in [9.17, 15) is 0 Å². The Morgan fingerprint density at radius 1 is 0.565 bits per heavy atom. The summed E-state index contributed by atoms with van der Waals surface area (Å²) in [6.07, 6.45) is 22.4. The number of thiocarbonyl (C=S) groups is 1. The fourth-order valence-corrected chi connectivity index (χ4v) is 3.34. The Hall–Kier alpha value is 0.590. The Morgan fingerprint density at radius 3 is 1.17 bits per heavy atom. The van der Waals surface area contributed by atoms with Crippen LogP contribution in [0.2, 0.25) is 0 Å². The molecule has 1 nitrogen and oxygen atoms in total. The van der Waals surface area contributed by atoms with Gasteiger partial charge in [0, 0.05) is 6.54 Å². The van der Waals surface area contributed by atoms with Crippen LogP contribution in [0.25, 0.3) is 0 Å². The number of hydrogen-bond acceptors (Lipinski definition) is 2. The van der Waals surface area contributed by atoms with E-state index in [1.807, 2.05) is 0 Å². The van der Waals surface area contributed by atoms with Gasteiger partial charge in [-0.3, -0.25) is 0 Å². The maximum atomic E-state index is 4.86. The van der Waals surface area contributed by atoms with Crippen LogP contribution in [0.15, 0.2) is 0 Å². The summed E-state index contributed by atoms with van der Waals surface area (Å²) >= 11 is 13.2. The molecule has 1 N–H and O–H groups in total. The molecule has 0 amide bonds. The van der Waals surface area contributed by atoms with Crippen LogP contribution >= 0.6 is 37.5 Å². The number of nitrogens with one attached hydrogen (secondary N) is 1. The first-order chi connectivity index (χ1) is 11.3. The average molecular weight is 378 g/mol. The van der Waals surface area contributed by atoms with Crippen molar-refractivity contribution in [2.75, 3.05) is 12.3 Å². The molecule has 0 aliphatic carbocycles. The Morgan fingerprint density at radius 2 is 0.870 bits per heavy atom. The van der Waals surface area contributed by atoms with Crippen LogP contribution in [0, 0.1) is 0 Å². The van der Waals surface area contributed by atoms with Gasteiger partial charge in [-0.2, -0.15) is 12.6 Å². The highest BCUT2D eigenvalue weighted by atomic mass is 32.1. The van der Waals surface area contributed by atoms with Crippen molar-refractivity contribution >= 4 is 41.8 Å². The first-order valence-electron chi connectivity index (χ1n) is 9.85. The van der Waals surface area contributed by atoms with E-state index < -0.39 is 0 Å². The second kappa shape index (κ2) is 20.6. The molecule has 0 unspecified atom stereocenters. The molecule has 0 spiro atoms. The summed E-state index contributed by atoms with van der Waals surface area (Å²) in [6.45, 7) is 0.984. The minimum Gasteiger partial charge on any atom is -0.371 e. The fourth-order valence-electron chi connectivity index (χ4n) is 2.91. The zero-order valence-electron chi connectivity index (χ0n) is 15.0. The molecule has 0 aromatic rings. The van der Waals surface area contributed by atoms with Gasteiger partial charge in [0.05, 0.1) is 0 Å². The lowest BCUT2D eigenvalue weighted by Crippen LogP contribution is -2.17. The van der Waals surface area contributed by atoms with Gasteiger partial charge in [-0.05, 0) is 18.6 Å². The smallest absolute Gasteiger partial charge is 0.130 e. The molecule has 4 heteroatoms. The molecule has 0 saturated carbocycles. The van der Waals surface area contributed by atoms with Gasteiger partial charge in [0.2, 0.25) is 0 Å². The molecule has 0 radical (unpaired) electrons. The predicted molar refractivity (Wildman–Crippen MR) is 117 cm³/mol. The van der Waals surface area contributed by atoms with Crippen LogP contribution in [0.5, 0.6) is 0 Å². The van der Waals surface area contributed by atoms with Gasteiger partial charge in [0.15, 0.2) is 0 Å². The monoisotopic (exact) mass is 377 g/mol. The molecule has 0 aromatic carbocycles.